The maximum atomic E-state index is 5.59. The van der Waals surface area contributed by atoms with Crippen LogP contribution in [0.5, 0.6) is 17.2 Å². The summed E-state index contributed by atoms with van der Waals surface area (Å²) in [5.74, 6) is 3.40. The van der Waals surface area contributed by atoms with Crippen molar-refractivity contribution in [3.8, 4) is 27.9 Å². The van der Waals surface area contributed by atoms with Crippen LogP contribution in [-0.2, 0) is 6.54 Å². The van der Waals surface area contributed by atoms with Crippen molar-refractivity contribution in [3.05, 3.63) is 35.2 Å². The summed E-state index contributed by atoms with van der Waals surface area (Å²) in [6, 6.07) is 5.88. The van der Waals surface area contributed by atoms with Crippen LogP contribution in [0.15, 0.2) is 22.7 Å². The normalized spacial score (nSPS) is 18.9. The Balaban J connectivity index is 1.36. The molecule has 2 aliphatic heterocycles. The minimum Gasteiger partial charge on any atom is -0.496 e. The number of ether oxygens (including phenoxy) is 3. The summed E-state index contributed by atoms with van der Waals surface area (Å²) < 4.78 is 26.3. The maximum Gasteiger partial charge on any atom is 0.231 e. The SMILES string of the molecule is COc1cc2c(cc1CN1CCC[C@@H](c3nnsc3-c3cc(C)no3)C1)OCO2. The number of benzene rings is 1. The molecule has 5 rings (SSSR count). The van der Waals surface area contributed by atoms with Gasteiger partial charge in [0.05, 0.1) is 18.5 Å². The van der Waals surface area contributed by atoms with Crippen molar-refractivity contribution >= 4 is 11.5 Å². The molecule has 29 heavy (non-hydrogen) atoms. The molecule has 0 spiro atoms. The molecule has 1 saturated heterocycles. The van der Waals surface area contributed by atoms with E-state index in [4.69, 9.17) is 18.7 Å². The summed E-state index contributed by atoms with van der Waals surface area (Å²) in [5.41, 5.74) is 2.97. The fraction of sp³-hybridized carbons (Fsp3) is 0.450. The van der Waals surface area contributed by atoms with Crippen LogP contribution in [0, 0.1) is 6.92 Å². The van der Waals surface area contributed by atoms with Gasteiger partial charge >= 0.3 is 0 Å². The second-order valence-electron chi connectivity index (χ2n) is 7.41. The van der Waals surface area contributed by atoms with Gasteiger partial charge in [-0.3, -0.25) is 4.90 Å². The van der Waals surface area contributed by atoms with E-state index in [0.717, 1.165) is 77.3 Å². The number of nitrogens with zero attached hydrogens (tertiary/aromatic N) is 4. The van der Waals surface area contributed by atoms with Crippen molar-refractivity contribution < 1.29 is 18.7 Å². The summed E-state index contributed by atoms with van der Waals surface area (Å²) in [6.45, 7) is 4.90. The monoisotopic (exact) mass is 414 g/mol. The average Bonchev–Trinajstić information content (AvgIpc) is 3.47. The zero-order valence-corrected chi connectivity index (χ0v) is 17.2. The lowest BCUT2D eigenvalue weighted by Gasteiger charge is -2.32. The number of piperidine rings is 1. The number of hydrogen-bond acceptors (Lipinski definition) is 9. The molecule has 0 N–H and O–H groups in total. The number of rotatable bonds is 5. The Morgan fingerprint density at radius 1 is 1.24 bits per heavy atom. The average molecular weight is 414 g/mol. The number of fused-ring (bicyclic) bond motifs is 1. The molecule has 8 nitrogen and oxygen atoms in total. The first kappa shape index (κ1) is 18.4. The standard InChI is InChI=1S/C20H22N4O4S/c1-12-6-18(28-22-12)20-19(21-23-29-20)13-4-3-5-24(9-13)10-14-7-16-17(27-11-26-16)8-15(14)25-2/h6-8,13H,3-5,9-11H2,1-2H3/t13-/m1/s1. The molecule has 4 heterocycles. The van der Waals surface area contributed by atoms with Gasteiger partial charge in [0.25, 0.3) is 0 Å². The topological polar surface area (TPSA) is 82.7 Å². The highest BCUT2D eigenvalue weighted by atomic mass is 32.1. The van der Waals surface area contributed by atoms with Crippen molar-refractivity contribution in [2.24, 2.45) is 0 Å². The first-order valence-corrected chi connectivity index (χ1v) is 10.4. The van der Waals surface area contributed by atoms with E-state index in [2.05, 4.69) is 19.6 Å². The first-order chi connectivity index (χ1) is 14.2. The number of aryl methyl sites for hydroxylation is 1. The van der Waals surface area contributed by atoms with Gasteiger partial charge in [0.2, 0.25) is 6.79 Å². The molecule has 0 aliphatic carbocycles. The van der Waals surface area contributed by atoms with Gasteiger partial charge in [0.1, 0.15) is 10.6 Å². The number of likely N-dealkylation sites (tertiary alicyclic amines) is 1. The quantitative estimate of drug-likeness (QED) is 0.626. The minimum atomic E-state index is 0.258. The lowest BCUT2D eigenvalue weighted by atomic mass is 9.93. The largest absolute Gasteiger partial charge is 0.496 e. The van der Waals surface area contributed by atoms with Gasteiger partial charge in [-0.1, -0.05) is 9.64 Å². The van der Waals surface area contributed by atoms with Crippen molar-refractivity contribution in [1.29, 1.82) is 0 Å². The molecule has 0 amide bonds. The second kappa shape index (κ2) is 7.64. The van der Waals surface area contributed by atoms with Crippen molar-refractivity contribution in [2.45, 2.75) is 32.2 Å². The van der Waals surface area contributed by atoms with E-state index < -0.39 is 0 Å². The molecule has 0 bridgehead atoms. The van der Waals surface area contributed by atoms with E-state index in [0.29, 0.717) is 5.92 Å². The maximum absolute atomic E-state index is 5.59. The molecular weight excluding hydrogens is 392 g/mol. The van der Waals surface area contributed by atoms with Crippen LogP contribution in [-0.4, -0.2) is 46.6 Å². The van der Waals surface area contributed by atoms with Gasteiger partial charge in [-0.05, 0) is 43.9 Å². The molecule has 0 radical (unpaired) electrons. The van der Waals surface area contributed by atoms with Crippen molar-refractivity contribution in [1.82, 2.24) is 19.6 Å². The van der Waals surface area contributed by atoms with Crippen LogP contribution in [0.2, 0.25) is 0 Å². The Kier molecular flexibility index (Phi) is 4.84. The number of hydrogen-bond donors (Lipinski definition) is 0. The number of methoxy groups -OCH3 is 1. The minimum absolute atomic E-state index is 0.258. The smallest absolute Gasteiger partial charge is 0.231 e. The van der Waals surface area contributed by atoms with Crippen LogP contribution in [0.1, 0.15) is 35.7 Å². The zero-order chi connectivity index (χ0) is 19.8. The first-order valence-electron chi connectivity index (χ1n) is 9.66. The van der Waals surface area contributed by atoms with Gasteiger partial charge in [-0.2, -0.15) is 0 Å². The second-order valence-corrected chi connectivity index (χ2v) is 8.17. The van der Waals surface area contributed by atoms with E-state index in [-0.39, 0.29) is 6.79 Å². The Morgan fingerprint density at radius 3 is 2.90 bits per heavy atom. The summed E-state index contributed by atoms with van der Waals surface area (Å²) in [6.07, 6.45) is 2.18. The third-order valence-corrected chi connectivity index (χ3v) is 6.18. The molecule has 0 saturated carbocycles. The van der Waals surface area contributed by atoms with Gasteiger partial charge in [0.15, 0.2) is 17.3 Å². The third-order valence-electron chi connectivity index (χ3n) is 5.43. The summed E-state index contributed by atoms with van der Waals surface area (Å²) in [5, 5.41) is 8.45. The highest BCUT2D eigenvalue weighted by molar-refractivity contribution is 7.09. The molecule has 1 aromatic carbocycles. The highest BCUT2D eigenvalue weighted by Gasteiger charge is 2.29. The van der Waals surface area contributed by atoms with E-state index in [1.165, 1.54) is 11.5 Å². The van der Waals surface area contributed by atoms with Crippen LogP contribution in [0.4, 0.5) is 0 Å². The molecule has 1 atom stereocenters. The predicted molar refractivity (Wildman–Crippen MR) is 107 cm³/mol. The van der Waals surface area contributed by atoms with Crippen LogP contribution in [0.25, 0.3) is 10.6 Å². The lowest BCUT2D eigenvalue weighted by Crippen LogP contribution is -2.34. The Bertz CT molecular complexity index is 1020. The molecule has 1 fully saturated rings. The van der Waals surface area contributed by atoms with E-state index in [1.807, 2.05) is 25.1 Å². The molecule has 2 aromatic heterocycles. The summed E-state index contributed by atoms with van der Waals surface area (Å²) >= 11 is 1.37. The Hall–Kier alpha value is -2.65. The van der Waals surface area contributed by atoms with Gasteiger partial charge in [0, 0.05) is 36.7 Å². The van der Waals surface area contributed by atoms with E-state index >= 15 is 0 Å². The summed E-state index contributed by atoms with van der Waals surface area (Å²) in [7, 11) is 1.69. The summed E-state index contributed by atoms with van der Waals surface area (Å²) in [4.78, 5) is 3.42. The zero-order valence-electron chi connectivity index (χ0n) is 16.4. The van der Waals surface area contributed by atoms with Gasteiger partial charge in [-0.15, -0.1) is 5.10 Å². The van der Waals surface area contributed by atoms with Crippen LogP contribution < -0.4 is 14.2 Å². The Morgan fingerprint density at radius 2 is 2.10 bits per heavy atom. The van der Waals surface area contributed by atoms with Crippen molar-refractivity contribution in [2.75, 3.05) is 27.0 Å². The fourth-order valence-corrected chi connectivity index (χ4v) is 4.75. The molecule has 3 aromatic rings. The van der Waals surface area contributed by atoms with Crippen LogP contribution >= 0.6 is 11.5 Å². The predicted octanol–water partition coefficient (Wildman–Crippen LogP) is 3.62. The van der Waals surface area contributed by atoms with Gasteiger partial charge in [-0.25, -0.2) is 0 Å². The van der Waals surface area contributed by atoms with Crippen molar-refractivity contribution in [3.63, 3.8) is 0 Å². The lowest BCUT2D eigenvalue weighted by molar-refractivity contribution is 0.173. The third kappa shape index (κ3) is 3.56. The van der Waals surface area contributed by atoms with Crippen LogP contribution in [0.3, 0.4) is 0 Å². The number of aromatic nitrogens is 3. The van der Waals surface area contributed by atoms with E-state index in [1.54, 1.807) is 7.11 Å². The molecule has 9 heteroatoms. The molecule has 2 aliphatic rings. The fourth-order valence-electron chi connectivity index (χ4n) is 4.05. The molecular formula is C20H22N4O4S. The van der Waals surface area contributed by atoms with E-state index in [9.17, 15) is 0 Å². The molecule has 152 valence electrons. The Labute approximate surface area is 172 Å². The highest BCUT2D eigenvalue weighted by Crippen LogP contribution is 2.40. The van der Waals surface area contributed by atoms with Gasteiger partial charge < -0.3 is 18.7 Å². The molecule has 0 unspecified atom stereocenters.